The van der Waals surface area contributed by atoms with E-state index in [4.69, 9.17) is 41.2 Å². The molecule has 0 aliphatic heterocycles. The minimum absolute atomic E-state index is 0.333. The summed E-state index contributed by atoms with van der Waals surface area (Å²) in [4.78, 5) is 0.333. The van der Waals surface area contributed by atoms with Gasteiger partial charge in [-0.3, -0.25) is 0 Å². The zero-order chi connectivity index (χ0) is 13.8. The van der Waals surface area contributed by atoms with Crippen molar-refractivity contribution in [3.05, 3.63) is 63.6 Å². The third-order valence-electron chi connectivity index (χ3n) is 2.68. The molecule has 2 aromatic rings. The molecule has 0 aliphatic carbocycles. The van der Waals surface area contributed by atoms with Crippen LogP contribution in [0.5, 0.6) is 0 Å². The van der Waals surface area contributed by atoms with Crippen molar-refractivity contribution >= 4 is 46.1 Å². The minimum atomic E-state index is 0.333. The Bertz CT molecular complexity index is 614. The summed E-state index contributed by atoms with van der Waals surface area (Å²) in [6, 6.07) is 13.1. The second kappa shape index (κ2) is 6.24. The fourth-order valence-corrected chi connectivity index (χ4v) is 2.22. The molecule has 0 bridgehead atoms. The first-order chi connectivity index (χ1) is 9.08. The first-order valence-corrected chi connectivity index (χ1v) is 6.81. The third-order valence-corrected chi connectivity index (χ3v) is 3.60. The first-order valence-electron chi connectivity index (χ1n) is 5.64. The van der Waals surface area contributed by atoms with Crippen LogP contribution >= 0.6 is 35.4 Å². The normalized spacial score (nSPS) is 10.2. The van der Waals surface area contributed by atoms with Gasteiger partial charge in [0.05, 0.1) is 10.7 Å². The Labute approximate surface area is 127 Å². The fraction of sp³-hybridized carbons (Fsp3) is 0.0714. The zero-order valence-corrected chi connectivity index (χ0v) is 12.3. The van der Waals surface area contributed by atoms with E-state index in [-0.39, 0.29) is 0 Å². The van der Waals surface area contributed by atoms with Crippen LogP contribution in [-0.4, -0.2) is 4.99 Å². The van der Waals surface area contributed by atoms with E-state index < -0.39 is 0 Å². The average Bonchev–Trinajstić information content (AvgIpc) is 2.39. The van der Waals surface area contributed by atoms with Gasteiger partial charge in [-0.05, 0) is 29.8 Å². The van der Waals surface area contributed by atoms with Crippen molar-refractivity contribution in [2.24, 2.45) is 5.73 Å². The maximum absolute atomic E-state index is 6.17. The summed E-state index contributed by atoms with van der Waals surface area (Å²) in [5.74, 6) is 0. The number of anilines is 1. The van der Waals surface area contributed by atoms with Crippen LogP contribution in [0.25, 0.3) is 0 Å². The van der Waals surface area contributed by atoms with Gasteiger partial charge in [-0.15, -0.1) is 0 Å². The highest BCUT2D eigenvalue weighted by atomic mass is 35.5. The second-order valence-electron chi connectivity index (χ2n) is 4.00. The highest BCUT2D eigenvalue weighted by Gasteiger charge is 2.04. The van der Waals surface area contributed by atoms with Gasteiger partial charge in [-0.25, -0.2) is 0 Å². The van der Waals surface area contributed by atoms with Crippen LogP contribution in [0.15, 0.2) is 42.5 Å². The summed E-state index contributed by atoms with van der Waals surface area (Å²) >= 11 is 17.2. The van der Waals surface area contributed by atoms with Gasteiger partial charge in [-0.1, -0.05) is 53.6 Å². The number of halogens is 2. The lowest BCUT2D eigenvalue weighted by atomic mass is 10.2. The molecule has 0 unspecified atom stereocenters. The molecule has 0 saturated heterocycles. The lowest BCUT2D eigenvalue weighted by molar-refractivity contribution is 1.15. The quantitative estimate of drug-likeness (QED) is 0.830. The van der Waals surface area contributed by atoms with Gasteiger partial charge >= 0.3 is 0 Å². The molecule has 2 nitrogen and oxygen atoms in total. The Kier molecular flexibility index (Phi) is 4.64. The first kappa shape index (κ1) is 14.1. The van der Waals surface area contributed by atoms with Crippen LogP contribution in [0.4, 0.5) is 5.69 Å². The molecule has 0 saturated carbocycles. The van der Waals surface area contributed by atoms with Gasteiger partial charge in [0.25, 0.3) is 0 Å². The maximum atomic E-state index is 6.17. The zero-order valence-electron chi connectivity index (χ0n) is 9.99. The second-order valence-corrected chi connectivity index (χ2v) is 5.26. The molecule has 0 heterocycles. The van der Waals surface area contributed by atoms with E-state index in [1.807, 2.05) is 36.4 Å². The number of hydrogen-bond donors (Lipinski definition) is 2. The van der Waals surface area contributed by atoms with E-state index in [9.17, 15) is 0 Å². The molecular weight excluding hydrogens is 299 g/mol. The number of hydrogen-bond acceptors (Lipinski definition) is 2. The van der Waals surface area contributed by atoms with Gasteiger partial charge in [0.15, 0.2) is 0 Å². The summed E-state index contributed by atoms with van der Waals surface area (Å²) in [5, 5.41) is 4.54. The Morgan fingerprint density at radius 3 is 2.47 bits per heavy atom. The van der Waals surface area contributed by atoms with E-state index in [1.54, 1.807) is 6.07 Å². The third kappa shape index (κ3) is 3.60. The number of nitrogens with one attached hydrogen (secondary N) is 1. The highest BCUT2D eigenvalue weighted by molar-refractivity contribution is 7.80. The molecule has 5 heteroatoms. The van der Waals surface area contributed by atoms with Crippen LogP contribution in [0, 0.1) is 0 Å². The molecule has 0 aliphatic rings. The maximum Gasteiger partial charge on any atom is 0.104 e. The molecule has 0 fully saturated rings. The smallest absolute Gasteiger partial charge is 0.104 e. The predicted molar refractivity (Wildman–Crippen MR) is 86.1 cm³/mol. The van der Waals surface area contributed by atoms with Crippen LogP contribution in [-0.2, 0) is 6.54 Å². The van der Waals surface area contributed by atoms with E-state index in [0.29, 0.717) is 16.6 Å². The van der Waals surface area contributed by atoms with Crippen LogP contribution in [0.3, 0.4) is 0 Å². The number of nitrogens with two attached hydrogens (primary N) is 1. The largest absolute Gasteiger partial charge is 0.389 e. The molecule has 0 aromatic heterocycles. The average molecular weight is 311 g/mol. The Hall–Kier alpha value is -1.29. The summed E-state index contributed by atoms with van der Waals surface area (Å²) in [6.07, 6.45) is 0. The van der Waals surface area contributed by atoms with Crippen molar-refractivity contribution in [3.63, 3.8) is 0 Å². The van der Waals surface area contributed by atoms with Crippen molar-refractivity contribution in [2.45, 2.75) is 6.54 Å². The molecule has 0 spiro atoms. The SMILES string of the molecule is NC(=S)c1ccc(NCc2ccccc2Cl)c(Cl)c1. The van der Waals surface area contributed by atoms with Gasteiger partial charge in [0.2, 0.25) is 0 Å². The molecule has 2 rings (SSSR count). The van der Waals surface area contributed by atoms with Gasteiger partial charge in [-0.2, -0.15) is 0 Å². The molecule has 0 amide bonds. The van der Waals surface area contributed by atoms with E-state index in [1.165, 1.54) is 0 Å². The lowest BCUT2D eigenvalue weighted by Gasteiger charge is -2.10. The Balaban J connectivity index is 2.12. The molecule has 0 radical (unpaired) electrons. The summed E-state index contributed by atoms with van der Waals surface area (Å²) in [6.45, 7) is 0.603. The Morgan fingerprint density at radius 2 is 1.84 bits per heavy atom. The van der Waals surface area contributed by atoms with Crippen molar-refractivity contribution in [3.8, 4) is 0 Å². The molecule has 98 valence electrons. The van der Waals surface area contributed by atoms with Gasteiger partial charge < -0.3 is 11.1 Å². The summed E-state index contributed by atoms with van der Waals surface area (Å²) < 4.78 is 0. The topological polar surface area (TPSA) is 38.0 Å². The number of benzene rings is 2. The summed E-state index contributed by atoms with van der Waals surface area (Å²) in [7, 11) is 0. The van der Waals surface area contributed by atoms with Crippen LogP contribution < -0.4 is 11.1 Å². The van der Waals surface area contributed by atoms with Crippen LogP contribution in [0.1, 0.15) is 11.1 Å². The number of thiocarbonyl (C=S) groups is 1. The predicted octanol–water partition coefficient (Wildman–Crippen LogP) is 4.24. The van der Waals surface area contributed by atoms with E-state index >= 15 is 0 Å². The summed E-state index contributed by atoms with van der Waals surface area (Å²) in [5.41, 5.74) is 8.14. The van der Waals surface area contributed by atoms with Crippen molar-refractivity contribution in [1.29, 1.82) is 0 Å². The molecule has 2 aromatic carbocycles. The van der Waals surface area contributed by atoms with Crippen molar-refractivity contribution in [1.82, 2.24) is 0 Å². The Morgan fingerprint density at radius 1 is 1.11 bits per heavy atom. The van der Waals surface area contributed by atoms with Gasteiger partial charge in [0, 0.05) is 17.1 Å². The van der Waals surface area contributed by atoms with E-state index in [2.05, 4.69) is 5.32 Å². The standard InChI is InChI=1S/C14H12Cl2N2S/c15-11-4-2-1-3-10(11)8-18-13-6-5-9(14(17)19)7-12(13)16/h1-7,18H,8H2,(H2,17,19). The monoisotopic (exact) mass is 310 g/mol. The number of rotatable bonds is 4. The fourth-order valence-electron chi connectivity index (χ4n) is 1.64. The molecule has 3 N–H and O–H groups in total. The molecule has 0 atom stereocenters. The lowest BCUT2D eigenvalue weighted by Crippen LogP contribution is -2.09. The van der Waals surface area contributed by atoms with Gasteiger partial charge in [0.1, 0.15) is 4.99 Å². The highest BCUT2D eigenvalue weighted by Crippen LogP contribution is 2.24. The van der Waals surface area contributed by atoms with Crippen LogP contribution in [0.2, 0.25) is 10.0 Å². The minimum Gasteiger partial charge on any atom is -0.389 e. The van der Waals surface area contributed by atoms with E-state index in [0.717, 1.165) is 21.8 Å². The molecule has 19 heavy (non-hydrogen) atoms. The van der Waals surface area contributed by atoms with Crippen molar-refractivity contribution in [2.75, 3.05) is 5.32 Å². The van der Waals surface area contributed by atoms with Crippen molar-refractivity contribution < 1.29 is 0 Å². The molecular formula is C14H12Cl2N2S.